The van der Waals surface area contributed by atoms with Crippen LogP contribution in [-0.4, -0.2) is 20.6 Å². The zero-order valence-corrected chi connectivity index (χ0v) is 21.0. The van der Waals surface area contributed by atoms with Crippen LogP contribution in [0.3, 0.4) is 0 Å². The van der Waals surface area contributed by atoms with Crippen molar-refractivity contribution in [3.8, 4) is 0 Å². The molecule has 2 N–H and O–H groups in total. The Hall–Kier alpha value is -4.74. The minimum Gasteiger partial charge on any atom is -0.376 e. The van der Waals surface area contributed by atoms with Gasteiger partial charge in [0.1, 0.15) is 11.3 Å². The number of rotatable bonds is 6. The van der Waals surface area contributed by atoms with Crippen molar-refractivity contribution >= 4 is 27.7 Å². The molecule has 186 valence electrons. The lowest BCUT2D eigenvalue weighted by Crippen LogP contribution is -2.34. The third kappa shape index (κ3) is 3.85. The van der Waals surface area contributed by atoms with Gasteiger partial charge in [-0.1, -0.05) is 109 Å². The number of nitrogens with one attached hydrogen (secondary N) is 1. The molecule has 6 aromatic rings. The van der Waals surface area contributed by atoms with Gasteiger partial charge in [0.05, 0.1) is 11.7 Å². The molecule has 2 heterocycles. The first kappa shape index (κ1) is 23.6. The van der Waals surface area contributed by atoms with Crippen LogP contribution in [-0.2, 0) is 19.2 Å². The molecule has 0 aliphatic rings. The van der Waals surface area contributed by atoms with Gasteiger partial charge in [-0.05, 0) is 22.8 Å². The maximum Gasteiger partial charge on any atom is 0.270 e. The Morgan fingerprint density at radius 2 is 1.34 bits per heavy atom. The van der Waals surface area contributed by atoms with E-state index in [1.807, 2.05) is 122 Å². The van der Waals surface area contributed by atoms with Crippen LogP contribution in [0.5, 0.6) is 0 Å². The topological polar surface area (TPSA) is 67.2 Å². The smallest absolute Gasteiger partial charge is 0.270 e. The quantitative estimate of drug-likeness (QED) is 0.299. The Kier molecular flexibility index (Phi) is 5.98. The van der Waals surface area contributed by atoms with E-state index in [4.69, 9.17) is 4.98 Å². The van der Waals surface area contributed by atoms with Gasteiger partial charge in [0.25, 0.3) is 5.91 Å². The van der Waals surface area contributed by atoms with E-state index in [0.29, 0.717) is 23.2 Å². The molecule has 0 radical (unpaired) electrons. The summed E-state index contributed by atoms with van der Waals surface area (Å²) in [5.74, 6) is -0.344. The minimum atomic E-state index is -1.64. The molecule has 0 saturated heterocycles. The number of aromatic nitrogens is 2. The van der Waals surface area contributed by atoms with Crippen LogP contribution >= 0.6 is 0 Å². The normalized spacial score (nSPS) is 11.6. The lowest BCUT2D eigenvalue weighted by molar-refractivity contribution is 0.0923. The summed E-state index contributed by atoms with van der Waals surface area (Å²) in [6, 6.07) is 36.8. The van der Waals surface area contributed by atoms with Crippen molar-refractivity contribution in [1.29, 1.82) is 0 Å². The zero-order chi connectivity index (χ0) is 26.1. The fourth-order valence-corrected chi connectivity index (χ4v) is 5.34. The molecule has 0 atom stereocenters. The van der Waals surface area contributed by atoms with Gasteiger partial charge >= 0.3 is 0 Å². The van der Waals surface area contributed by atoms with E-state index in [1.54, 1.807) is 6.20 Å². The van der Waals surface area contributed by atoms with E-state index in [-0.39, 0.29) is 11.6 Å². The first-order valence-electron chi connectivity index (χ1n) is 12.6. The number of hydrogen-bond donors (Lipinski definition) is 2. The number of fused-ring (bicyclic) bond motifs is 3. The van der Waals surface area contributed by atoms with Crippen LogP contribution in [0.2, 0.25) is 0 Å². The number of carbonyl (C=O) groups excluding carboxylic acids is 1. The van der Waals surface area contributed by atoms with Crippen LogP contribution in [0, 0.1) is 0 Å². The van der Waals surface area contributed by atoms with E-state index >= 15 is 0 Å². The largest absolute Gasteiger partial charge is 0.376 e. The van der Waals surface area contributed by atoms with E-state index < -0.39 is 5.60 Å². The van der Waals surface area contributed by atoms with E-state index in [0.717, 1.165) is 27.4 Å². The molecule has 38 heavy (non-hydrogen) atoms. The second-order valence-corrected chi connectivity index (χ2v) is 9.43. The second kappa shape index (κ2) is 9.61. The van der Waals surface area contributed by atoms with Crippen molar-refractivity contribution in [1.82, 2.24) is 14.9 Å². The van der Waals surface area contributed by atoms with Crippen molar-refractivity contribution < 1.29 is 9.90 Å². The van der Waals surface area contributed by atoms with Crippen LogP contribution in [0.1, 0.15) is 32.7 Å². The summed E-state index contributed by atoms with van der Waals surface area (Å²) in [5, 5.41) is 17.7. The Labute approximate surface area is 221 Å². The summed E-state index contributed by atoms with van der Waals surface area (Å²) in [4.78, 5) is 18.5. The van der Waals surface area contributed by atoms with Gasteiger partial charge in [0, 0.05) is 35.4 Å². The van der Waals surface area contributed by atoms with Crippen LogP contribution in [0.15, 0.2) is 121 Å². The Bertz CT molecular complexity index is 1700. The lowest BCUT2D eigenvalue weighted by Gasteiger charge is -2.32. The SMILES string of the molecule is Cn1c2ccccc2c2c(C(O)(c3ccccc3)c3ccccc3)c(C(=O)NCc3ccccc3)ncc21. The van der Waals surface area contributed by atoms with Gasteiger partial charge in [-0.3, -0.25) is 4.79 Å². The summed E-state index contributed by atoms with van der Waals surface area (Å²) in [6.45, 7) is 0.351. The standard InChI is InChI=1S/C33H27N3O2/c1-36-27-20-12-11-19-26(27)29-28(36)22-34-31(32(37)35-21-23-13-5-2-6-14-23)30(29)33(38,24-15-7-3-8-16-24)25-17-9-4-10-18-25/h2-20,22,38H,21H2,1H3,(H,35,37). The average molecular weight is 498 g/mol. The maximum absolute atomic E-state index is 13.8. The number of amides is 1. The van der Waals surface area contributed by atoms with E-state index in [1.165, 1.54) is 0 Å². The monoisotopic (exact) mass is 497 g/mol. The van der Waals surface area contributed by atoms with Gasteiger partial charge in [-0.15, -0.1) is 0 Å². The highest BCUT2D eigenvalue weighted by Crippen LogP contribution is 2.44. The first-order valence-corrected chi connectivity index (χ1v) is 12.6. The molecule has 0 aliphatic carbocycles. The van der Waals surface area contributed by atoms with Crippen LogP contribution < -0.4 is 5.32 Å². The van der Waals surface area contributed by atoms with Gasteiger partial charge in [0.2, 0.25) is 0 Å². The highest BCUT2D eigenvalue weighted by Gasteiger charge is 2.40. The third-order valence-corrected chi connectivity index (χ3v) is 7.21. The molecule has 1 amide bonds. The number of carbonyl (C=O) groups is 1. The molecule has 0 aliphatic heterocycles. The first-order chi connectivity index (χ1) is 18.6. The number of pyridine rings is 1. The van der Waals surface area contributed by atoms with Crippen molar-refractivity contribution in [3.63, 3.8) is 0 Å². The summed E-state index contributed by atoms with van der Waals surface area (Å²) in [5.41, 5.74) is 3.15. The minimum absolute atomic E-state index is 0.194. The Morgan fingerprint density at radius 1 is 0.789 bits per heavy atom. The molecule has 4 aromatic carbocycles. The zero-order valence-electron chi connectivity index (χ0n) is 21.0. The number of nitrogens with zero attached hydrogens (tertiary/aromatic N) is 2. The molecule has 5 nitrogen and oxygen atoms in total. The van der Waals surface area contributed by atoms with Crippen molar-refractivity contribution in [2.45, 2.75) is 12.1 Å². The summed E-state index contributed by atoms with van der Waals surface area (Å²) >= 11 is 0. The summed E-state index contributed by atoms with van der Waals surface area (Å²) < 4.78 is 2.06. The lowest BCUT2D eigenvalue weighted by atomic mass is 9.77. The fourth-order valence-electron chi connectivity index (χ4n) is 5.34. The van der Waals surface area contributed by atoms with Crippen LogP contribution in [0.25, 0.3) is 21.8 Å². The van der Waals surface area contributed by atoms with E-state index in [2.05, 4.69) is 9.88 Å². The number of aliphatic hydroxyl groups is 1. The molecule has 5 heteroatoms. The molecule has 0 bridgehead atoms. The van der Waals surface area contributed by atoms with Gasteiger partial charge in [0.15, 0.2) is 0 Å². The highest BCUT2D eigenvalue weighted by molar-refractivity contribution is 6.13. The highest BCUT2D eigenvalue weighted by atomic mass is 16.3. The molecule has 0 saturated carbocycles. The Morgan fingerprint density at radius 3 is 1.97 bits per heavy atom. The molecule has 2 aromatic heterocycles. The maximum atomic E-state index is 13.8. The number of benzene rings is 4. The molecule has 0 spiro atoms. The third-order valence-electron chi connectivity index (χ3n) is 7.21. The van der Waals surface area contributed by atoms with Gasteiger partial charge < -0.3 is 15.0 Å². The number of aryl methyl sites for hydroxylation is 1. The molecule has 0 fully saturated rings. The second-order valence-electron chi connectivity index (χ2n) is 9.43. The van der Waals surface area contributed by atoms with Crippen molar-refractivity contribution in [2.24, 2.45) is 7.05 Å². The average Bonchev–Trinajstić information content (AvgIpc) is 3.28. The van der Waals surface area contributed by atoms with Crippen molar-refractivity contribution in [2.75, 3.05) is 0 Å². The number of hydrogen-bond acceptors (Lipinski definition) is 3. The predicted molar refractivity (Wildman–Crippen MR) is 151 cm³/mol. The summed E-state index contributed by atoms with van der Waals surface area (Å²) in [7, 11) is 1.98. The molecular weight excluding hydrogens is 470 g/mol. The predicted octanol–water partition coefficient (Wildman–Crippen LogP) is 5.94. The fraction of sp³-hybridized carbons (Fsp3) is 0.0909. The van der Waals surface area contributed by atoms with Crippen molar-refractivity contribution in [3.05, 3.63) is 149 Å². The summed E-state index contributed by atoms with van der Waals surface area (Å²) in [6.07, 6.45) is 1.73. The van der Waals surface area contributed by atoms with E-state index in [9.17, 15) is 9.90 Å². The molecular formula is C33H27N3O2. The molecule has 0 unspecified atom stereocenters. The number of para-hydroxylation sites is 1. The van der Waals surface area contributed by atoms with Gasteiger partial charge in [-0.2, -0.15) is 0 Å². The Balaban J connectivity index is 1.67. The molecule has 6 rings (SSSR count). The van der Waals surface area contributed by atoms with Crippen LogP contribution in [0.4, 0.5) is 0 Å². The van der Waals surface area contributed by atoms with Gasteiger partial charge in [-0.25, -0.2) is 4.98 Å².